The lowest BCUT2D eigenvalue weighted by Gasteiger charge is -2.17. The van der Waals surface area contributed by atoms with Gasteiger partial charge in [0.15, 0.2) is 0 Å². The van der Waals surface area contributed by atoms with E-state index in [1.807, 2.05) is 47.1 Å². The lowest BCUT2D eigenvalue weighted by molar-refractivity contribution is -0.116. The van der Waals surface area contributed by atoms with Crippen molar-refractivity contribution in [2.45, 2.75) is 45.6 Å². The summed E-state index contributed by atoms with van der Waals surface area (Å²) in [5, 5.41) is 10.6. The van der Waals surface area contributed by atoms with E-state index in [9.17, 15) is 9.59 Å². The number of rotatable bonds is 4. The number of benzene rings is 2. The number of amides is 2. The Hall–Kier alpha value is -3.41. The molecule has 0 saturated carbocycles. The maximum absolute atomic E-state index is 13.0. The summed E-state index contributed by atoms with van der Waals surface area (Å²) in [7, 11) is 0. The zero-order valence-corrected chi connectivity index (χ0v) is 17.5. The van der Waals surface area contributed by atoms with Crippen molar-refractivity contribution in [1.82, 2.24) is 9.78 Å². The summed E-state index contributed by atoms with van der Waals surface area (Å²) in [6.45, 7) is 6.88. The van der Waals surface area contributed by atoms with E-state index in [0.717, 1.165) is 22.5 Å². The minimum atomic E-state index is -0.190. The number of hydrogen-bond acceptors (Lipinski definition) is 3. The van der Waals surface area contributed by atoms with E-state index in [4.69, 9.17) is 5.10 Å². The van der Waals surface area contributed by atoms with Gasteiger partial charge in [-0.2, -0.15) is 5.10 Å². The van der Waals surface area contributed by atoms with Crippen LogP contribution in [0.5, 0.6) is 0 Å². The predicted molar refractivity (Wildman–Crippen MR) is 118 cm³/mol. The fourth-order valence-corrected chi connectivity index (χ4v) is 3.47. The van der Waals surface area contributed by atoms with Gasteiger partial charge in [0.1, 0.15) is 5.82 Å². The Bertz CT molecular complexity index is 1090. The van der Waals surface area contributed by atoms with E-state index < -0.39 is 0 Å². The van der Waals surface area contributed by atoms with Gasteiger partial charge in [0, 0.05) is 29.2 Å². The van der Waals surface area contributed by atoms with Crippen LogP contribution in [0.3, 0.4) is 0 Å². The standard InChI is InChI=1S/C24H26N4O2/c1-24(2,3)20-14-21(28(27-20)15-16-7-5-4-6-8-16)26-23(30)18-9-11-19-17(13-18)10-12-22(29)25-19/h4-9,11,13-14H,10,12,15H2,1-3H3,(H,25,29)(H,26,30). The van der Waals surface area contributed by atoms with Crippen LogP contribution in [0.4, 0.5) is 11.5 Å². The lowest BCUT2D eigenvalue weighted by Crippen LogP contribution is -2.20. The van der Waals surface area contributed by atoms with E-state index in [1.54, 1.807) is 12.1 Å². The van der Waals surface area contributed by atoms with Crippen molar-refractivity contribution in [2.75, 3.05) is 10.6 Å². The molecule has 30 heavy (non-hydrogen) atoms. The third kappa shape index (κ3) is 4.27. The number of carbonyl (C=O) groups is 2. The first kappa shape index (κ1) is 19.9. The largest absolute Gasteiger partial charge is 0.326 e. The SMILES string of the molecule is CC(C)(C)c1cc(NC(=O)c2ccc3c(c2)CCC(=O)N3)n(Cc2ccccc2)n1. The Morgan fingerprint density at radius 1 is 1.10 bits per heavy atom. The van der Waals surface area contributed by atoms with Gasteiger partial charge in [-0.05, 0) is 35.7 Å². The zero-order chi connectivity index (χ0) is 21.3. The van der Waals surface area contributed by atoms with Crippen LogP contribution in [0.25, 0.3) is 0 Å². The molecule has 1 aliphatic rings. The molecule has 1 aromatic heterocycles. The zero-order valence-electron chi connectivity index (χ0n) is 17.5. The summed E-state index contributed by atoms with van der Waals surface area (Å²) >= 11 is 0. The number of carbonyl (C=O) groups excluding carboxylic acids is 2. The first-order valence-electron chi connectivity index (χ1n) is 10.2. The molecule has 0 atom stereocenters. The van der Waals surface area contributed by atoms with Crippen LogP contribution in [0.15, 0.2) is 54.6 Å². The number of aryl methyl sites for hydroxylation is 1. The summed E-state index contributed by atoms with van der Waals surface area (Å²) in [5.74, 6) is 0.489. The summed E-state index contributed by atoms with van der Waals surface area (Å²) in [5.41, 5.74) is 4.23. The molecule has 0 fully saturated rings. The van der Waals surface area contributed by atoms with Gasteiger partial charge in [-0.1, -0.05) is 51.1 Å². The van der Waals surface area contributed by atoms with Crippen molar-refractivity contribution in [2.24, 2.45) is 0 Å². The first-order valence-corrected chi connectivity index (χ1v) is 10.2. The highest BCUT2D eigenvalue weighted by atomic mass is 16.2. The third-order valence-electron chi connectivity index (χ3n) is 5.23. The van der Waals surface area contributed by atoms with Crippen molar-refractivity contribution < 1.29 is 9.59 Å². The van der Waals surface area contributed by atoms with Gasteiger partial charge < -0.3 is 10.6 Å². The third-order valence-corrected chi connectivity index (χ3v) is 5.23. The smallest absolute Gasteiger partial charge is 0.256 e. The van der Waals surface area contributed by atoms with Crippen LogP contribution < -0.4 is 10.6 Å². The summed E-state index contributed by atoms with van der Waals surface area (Å²) < 4.78 is 1.84. The van der Waals surface area contributed by atoms with Crippen molar-refractivity contribution >= 4 is 23.3 Å². The van der Waals surface area contributed by atoms with Crippen molar-refractivity contribution in [1.29, 1.82) is 0 Å². The molecule has 0 unspecified atom stereocenters. The van der Waals surface area contributed by atoms with Crippen molar-refractivity contribution in [3.05, 3.63) is 77.0 Å². The monoisotopic (exact) mass is 402 g/mol. The normalized spacial score (nSPS) is 13.5. The molecule has 4 rings (SSSR count). The summed E-state index contributed by atoms with van der Waals surface area (Å²) in [6, 6.07) is 17.4. The highest BCUT2D eigenvalue weighted by Gasteiger charge is 2.22. The number of aromatic nitrogens is 2. The van der Waals surface area contributed by atoms with Crippen molar-refractivity contribution in [3.8, 4) is 0 Å². The molecular formula is C24H26N4O2. The first-order chi connectivity index (χ1) is 14.3. The number of nitrogens with zero attached hydrogens (tertiary/aromatic N) is 2. The van der Waals surface area contributed by atoms with E-state index in [2.05, 4.69) is 31.4 Å². The second-order valence-corrected chi connectivity index (χ2v) is 8.68. The second-order valence-electron chi connectivity index (χ2n) is 8.68. The van der Waals surface area contributed by atoms with Crippen LogP contribution >= 0.6 is 0 Å². The average molecular weight is 402 g/mol. The number of hydrogen-bond donors (Lipinski definition) is 2. The summed E-state index contributed by atoms with van der Waals surface area (Å²) in [6.07, 6.45) is 1.08. The lowest BCUT2D eigenvalue weighted by atomic mass is 9.92. The Morgan fingerprint density at radius 2 is 1.87 bits per heavy atom. The van der Waals surface area contributed by atoms with E-state index in [-0.39, 0.29) is 17.2 Å². The van der Waals surface area contributed by atoms with Gasteiger partial charge in [-0.3, -0.25) is 9.59 Å². The molecule has 0 spiro atoms. The van der Waals surface area contributed by atoms with Gasteiger partial charge in [-0.15, -0.1) is 0 Å². The molecule has 2 heterocycles. The van der Waals surface area contributed by atoms with Crippen LogP contribution in [-0.4, -0.2) is 21.6 Å². The molecule has 0 saturated heterocycles. The second kappa shape index (κ2) is 7.78. The quantitative estimate of drug-likeness (QED) is 0.681. The molecule has 6 nitrogen and oxygen atoms in total. The Kier molecular flexibility index (Phi) is 5.16. The highest BCUT2D eigenvalue weighted by molar-refractivity contribution is 6.05. The molecule has 2 N–H and O–H groups in total. The molecular weight excluding hydrogens is 376 g/mol. The molecule has 6 heteroatoms. The minimum Gasteiger partial charge on any atom is -0.326 e. The van der Waals surface area contributed by atoms with Crippen molar-refractivity contribution in [3.63, 3.8) is 0 Å². The topological polar surface area (TPSA) is 76.0 Å². The summed E-state index contributed by atoms with van der Waals surface area (Å²) in [4.78, 5) is 24.5. The van der Waals surface area contributed by atoms with Crippen LogP contribution in [0.2, 0.25) is 0 Å². The molecule has 0 bridgehead atoms. The van der Waals surface area contributed by atoms with Gasteiger partial charge in [0.05, 0.1) is 12.2 Å². The molecule has 2 aromatic carbocycles. The van der Waals surface area contributed by atoms with Crippen LogP contribution in [0.1, 0.15) is 54.4 Å². The van der Waals surface area contributed by atoms with E-state index in [0.29, 0.717) is 30.8 Å². The number of anilines is 2. The molecule has 0 radical (unpaired) electrons. The van der Waals surface area contributed by atoms with Gasteiger partial charge in [-0.25, -0.2) is 4.68 Å². The highest BCUT2D eigenvalue weighted by Crippen LogP contribution is 2.26. The fourth-order valence-electron chi connectivity index (χ4n) is 3.47. The fraction of sp³-hybridized carbons (Fsp3) is 0.292. The predicted octanol–water partition coefficient (Wildman–Crippen LogP) is 4.37. The van der Waals surface area contributed by atoms with Gasteiger partial charge >= 0.3 is 0 Å². The molecule has 2 amide bonds. The minimum absolute atomic E-state index is 0.0132. The number of fused-ring (bicyclic) bond motifs is 1. The molecule has 154 valence electrons. The maximum Gasteiger partial charge on any atom is 0.256 e. The van der Waals surface area contributed by atoms with E-state index >= 15 is 0 Å². The van der Waals surface area contributed by atoms with E-state index in [1.165, 1.54) is 0 Å². The molecule has 1 aliphatic heterocycles. The molecule has 3 aromatic rings. The Balaban J connectivity index is 1.61. The van der Waals surface area contributed by atoms with Gasteiger partial charge in [0.2, 0.25) is 5.91 Å². The van der Waals surface area contributed by atoms with Crippen LogP contribution in [-0.2, 0) is 23.2 Å². The average Bonchev–Trinajstić information content (AvgIpc) is 3.11. The Labute approximate surface area is 176 Å². The number of nitrogens with one attached hydrogen (secondary N) is 2. The van der Waals surface area contributed by atoms with Gasteiger partial charge in [0.25, 0.3) is 5.91 Å². The Morgan fingerprint density at radius 3 is 2.60 bits per heavy atom. The molecule has 0 aliphatic carbocycles. The van der Waals surface area contributed by atoms with Crippen LogP contribution in [0, 0.1) is 0 Å². The maximum atomic E-state index is 13.0.